The third-order valence-electron chi connectivity index (χ3n) is 4.84. The third-order valence-corrected chi connectivity index (χ3v) is 4.84. The summed E-state index contributed by atoms with van der Waals surface area (Å²) < 4.78 is 10.0. The first-order valence-electron chi connectivity index (χ1n) is 10.9. The van der Waals surface area contributed by atoms with Gasteiger partial charge in [0, 0.05) is 5.92 Å². The molecule has 0 radical (unpaired) electrons. The van der Waals surface area contributed by atoms with E-state index in [1.807, 2.05) is 20.8 Å². The van der Waals surface area contributed by atoms with E-state index in [9.17, 15) is 19.2 Å². The van der Waals surface area contributed by atoms with Gasteiger partial charge in [-0.15, -0.1) is 13.2 Å². The van der Waals surface area contributed by atoms with Crippen molar-refractivity contribution >= 4 is 23.9 Å². The molecule has 32 heavy (non-hydrogen) atoms. The quantitative estimate of drug-likeness (QED) is 0.380. The van der Waals surface area contributed by atoms with Crippen molar-refractivity contribution < 1.29 is 33.8 Å². The van der Waals surface area contributed by atoms with E-state index in [0.717, 1.165) is 0 Å². The number of imide groups is 1. The molecular weight excluding hydrogens is 414 g/mol. The number of aliphatic carboxylic acids is 1. The summed E-state index contributed by atoms with van der Waals surface area (Å²) in [5.41, 5.74) is -0.575. The van der Waals surface area contributed by atoms with E-state index in [1.165, 1.54) is 11.0 Å². The van der Waals surface area contributed by atoms with Crippen LogP contribution in [0.15, 0.2) is 25.3 Å². The molecule has 0 aromatic carbocycles. The second kappa shape index (κ2) is 13.7. The Balaban J connectivity index is 0.000000607. The first-order valence-corrected chi connectivity index (χ1v) is 10.9. The summed E-state index contributed by atoms with van der Waals surface area (Å²) in [6, 6.07) is -0.131. The molecular formula is C24H39NO7. The summed E-state index contributed by atoms with van der Waals surface area (Å²) in [6.45, 7) is 18.6. The Morgan fingerprint density at radius 1 is 1.19 bits per heavy atom. The molecule has 1 saturated heterocycles. The van der Waals surface area contributed by atoms with Crippen molar-refractivity contribution in [3.8, 4) is 0 Å². The van der Waals surface area contributed by atoms with E-state index in [1.54, 1.807) is 26.8 Å². The fourth-order valence-corrected chi connectivity index (χ4v) is 3.08. The number of carboxylic acid groups (broad SMARTS) is 1. The Bertz CT molecular complexity index is 678. The first-order chi connectivity index (χ1) is 14.8. The standard InChI is InChI=1S/C13H21NO3.C11H18O4/c1-5-7-10(6-2)12(15)14-11(9(3)4)8-17-13(14)16;1-5-6-8(10(13)14)7-9(12)15-11(2,3)4/h5,9-11H,1,6-8H2,2-4H3;5,8H,1,6-7H2,2-4H3,(H,13,14)/t10-,11+;8-/m01/s1. The van der Waals surface area contributed by atoms with E-state index in [-0.39, 0.29) is 36.6 Å². The maximum Gasteiger partial charge on any atom is 0.416 e. The first kappa shape index (κ1) is 29.4. The van der Waals surface area contributed by atoms with Crippen LogP contribution in [0.4, 0.5) is 4.79 Å². The Hall–Kier alpha value is -2.64. The smallest absolute Gasteiger partial charge is 0.416 e. The van der Waals surface area contributed by atoms with Gasteiger partial charge in [-0.1, -0.05) is 32.9 Å². The van der Waals surface area contributed by atoms with Crippen LogP contribution < -0.4 is 0 Å². The number of hydrogen-bond donors (Lipinski definition) is 1. The lowest BCUT2D eigenvalue weighted by Gasteiger charge is -2.25. The molecule has 0 spiro atoms. The number of carbonyl (C=O) groups is 4. The van der Waals surface area contributed by atoms with Crippen molar-refractivity contribution in [3.63, 3.8) is 0 Å². The van der Waals surface area contributed by atoms with Crippen LogP contribution in [0.25, 0.3) is 0 Å². The molecule has 3 atom stereocenters. The summed E-state index contributed by atoms with van der Waals surface area (Å²) in [4.78, 5) is 47.2. The van der Waals surface area contributed by atoms with E-state index in [4.69, 9.17) is 14.6 Å². The van der Waals surface area contributed by atoms with Crippen molar-refractivity contribution in [1.29, 1.82) is 0 Å². The van der Waals surface area contributed by atoms with Gasteiger partial charge in [0.05, 0.1) is 18.4 Å². The average Bonchev–Trinajstić information content (AvgIpc) is 3.06. The molecule has 182 valence electrons. The van der Waals surface area contributed by atoms with Crippen LogP contribution in [-0.2, 0) is 23.9 Å². The van der Waals surface area contributed by atoms with Gasteiger partial charge in [0.15, 0.2) is 0 Å². The molecule has 1 aliphatic rings. The SMILES string of the molecule is C=CC[C@H](CC(=O)OC(C)(C)C)C(=O)O.C=CC[C@H](CC)C(=O)N1C(=O)OC[C@@H]1C(C)C. The molecule has 8 nitrogen and oxygen atoms in total. The summed E-state index contributed by atoms with van der Waals surface area (Å²) in [7, 11) is 0. The summed E-state index contributed by atoms with van der Waals surface area (Å²) >= 11 is 0. The largest absolute Gasteiger partial charge is 0.481 e. The predicted molar refractivity (Wildman–Crippen MR) is 122 cm³/mol. The van der Waals surface area contributed by atoms with Crippen molar-refractivity contribution in [2.24, 2.45) is 17.8 Å². The van der Waals surface area contributed by atoms with Crippen molar-refractivity contribution in [2.45, 2.75) is 78.9 Å². The zero-order valence-electron chi connectivity index (χ0n) is 20.3. The van der Waals surface area contributed by atoms with Crippen LogP contribution in [0.5, 0.6) is 0 Å². The minimum absolute atomic E-state index is 0.112. The third kappa shape index (κ3) is 10.1. The second-order valence-corrected chi connectivity index (χ2v) is 9.08. The van der Waals surface area contributed by atoms with Crippen molar-refractivity contribution in [3.05, 3.63) is 25.3 Å². The fraction of sp³-hybridized carbons (Fsp3) is 0.667. The Morgan fingerprint density at radius 3 is 2.12 bits per heavy atom. The lowest BCUT2D eigenvalue weighted by atomic mass is 9.98. The van der Waals surface area contributed by atoms with Gasteiger partial charge in [-0.2, -0.15) is 0 Å². The topological polar surface area (TPSA) is 110 Å². The highest BCUT2D eigenvalue weighted by Crippen LogP contribution is 2.24. The van der Waals surface area contributed by atoms with Gasteiger partial charge in [-0.3, -0.25) is 14.4 Å². The number of nitrogens with zero attached hydrogens (tertiary/aromatic N) is 1. The van der Waals surface area contributed by atoms with Gasteiger partial charge in [0.1, 0.15) is 12.2 Å². The minimum atomic E-state index is -0.999. The van der Waals surface area contributed by atoms with Crippen LogP contribution in [0.2, 0.25) is 0 Å². The number of cyclic esters (lactones) is 1. The van der Waals surface area contributed by atoms with Gasteiger partial charge < -0.3 is 14.6 Å². The molecule has 2 amide bonds. The van der Waals surface area contributed by atoms with Crippen molar-refractivity contribution in [1.82, 2.24) is 4.90 Å². The molecule has 0 unspecified atom stereocenters. The van der Waals surface area contributed by atoms with E-state index in [2.05, 4.69) is 13.2 Å². The van der Waals surface area contributed by atoms with E-state index < -0.39 is 29.6 Å². The predicted octanol–water partition coefficient (Wildman–Crippen LogP) is 4.59. The molecule has 0 bridgehead atoms. The second-order valence-electron chi connectivity index (χ2n) is 9.08. The molecule has 0 aromatic heterocycles. The molecule has 1 rings (SSSR count). The number of esters is 1. The van der Waals surface area contributed by atoms with Crippen LogP contribution in [-0.4, -0.2) is 52.2 Å². The van der Waals surface area contributed by atoms with Crippen LogP contribution in [0, 0.1) is 17.8 Å². The molecule has 0 aliphatic carbocycles. The van der Waals surface area contributed by atoms with E-state index in [0.29, 0.717) is 19.4 Å². The van der Waals surface area contributed by atoms with Crippen LogP contribution in [0.3, 0.4) is 0 Å². The summed E-state index contributed by atoms with van der Waals surface area (Å²) in [6.07, 6.45) is 4.17. The monoisotopic (exact) mass is 453 g/mol. The molecule has 0 aromatic rings. The Morgan fingerprint density at radius 2 is 1.72 bits per heavy atom. The van der Waals surface area contributed by atoms with Gasteiger partial charge in [-0.25, -0.2) is 9.69 Å². The summed E-state index contributed by atoms with van der Waals surface area (Å²) in [5.74, 6) is -2.31. The van der Waals surface area contributed by atoms with Crippen LogP contribution >= 0.6 is 0 Å². The Labute approximate surface area is 191 Å². The average molecular weight is 454 g/mol. The molecule has 8 heteroatoms. The highest BCUT2D eigenvalue weighted by molar-refractivity contribution is 5.94. The number of carbonyl (C=O) groups excluding carboxylic acids is 3. The van der Waals surface area contributed by atoms with E-state index >= 15 is 0 Å². The number of ether oxygens (including phenoxy) is 2. The number of amides is 2. The molecule has 0 saturated carbocycles. The number of allylic oxidation sites excluding steroid dienone is 2. The Kier molecular flexibility index (Phi) is 12.6. The molecule has 1 fully saturated rings. The van der Waals surface area contributed by atoms with Gasteiger partial charge in [-0.05, 0) is 46.0 Å². The normalized spacial score (nSPS) is 17.5. The lowest BCUT2D eigenvalue weighted by Crippen LogP contribution is -2.44. The lowest BCUT2D eigenvalue weighted by molar-refractivity contribution is -0.159. The maximum atomic E-state index is 12.3. The zero-order chi connectivity index (χ0) is 25.1. The minimum Gasteiger partial charge on any atom is -0.481 e. The van der Waals surface area contributed by atoms with Crippen LogP contribution in [0.1, 0.15) is 67.2 Å². The zero-order valence-corrected chi connectivity index (χ0v) is 20.3. The number of carboxylic acids is 1. The molecule has 1 heterocycles. The van der Waals surface area contributed by atoms with Gasteiger partial charge in [0.2, 0.25) is 5.91 Å². The number of hydrogen-bond acceptors (Lipinski definition) is 6. The maximum absolute atomic E-state index is 12.3. The highest BCUT2D eigenvalue weighted by atomic mass is 16.6. The highest BCUT2D eigenvalue weighted by Gasteiger charge is 2.41. The molecule has 1 aliphatic heterocycles. The molecule has 1 N–H and O–H groups in total. The summed E-state index contributed by atoms with van der Waals surface area (Å²) in [5, 5.41) is 8.80. The van der Waals surface area contributed by atoms with Crippen molar-refractivity contribution in [2.75, 3.05) is 6.61 Å². The van der Waals surface area contributed by atoms with Gasteiger partial charge in [0.25, 0.3) is 0 Å². The fourth-order valence-electron chi connectivity index (χ4n) is 3.08. The number of rotatable bonds is 10. The van der Waals surface area contributed by atoms with Gasteiger partial charge >= 0.3 is 18.0 Å².